The molecule has 0 bridgehead atoms. The number of hydrogen-bond donors (Lipinski definition) is 1. The van der Waals surface area contributed by atoms with E-state index in [0.29, 0.717) is 12.8 Å². The summed E-state index contributed by atoms with van der Waals surface area (Å²) < 4.78 is 63.3. The van der Waals surface area contributed by atoms with Gasteiger partial charge >= 0.3 is 27.3 Å². The second-order valence-corrected chi connectivity index (χ2v) is 6.39. The van der Waals surface area contributed by atoms with E-state index in [-0.39, 0.29) is 0 Å². The lowest BCUT2D eigenvalue weighted by Crippen LogP contribution is -2.39. The summed E-state index contributed by atoms with van der Waals surface area (Å²) in [5.74, 6) is -2.99. The van der Waals surface area contributed by atoms with Crippen LogP contribution in [0.3, 0.4) is 0 Å². The second kappa shape index (κ2) is 7.82. The normalized spacial score (nSPS) is 15.0. The molecule has 7 nitrogen and oxygen atoms in total. The lowest BCUT2D eigenvalue weighted by Gasteiger charge is -2.25. The number of carbonyl (C=O) groups is 2. The van der Waals surface area contributed by atoms with Crippen molar-refractivity contribution in [3.63, 3.8) is 0 Å². The summed E-state index contributed by atoms with van der Waals surface area (Å²) in [6.45, 7) is 4.13. The Labute approximate surface area is 127 Å². The standard InChI is InChI=1S/C12H20F2O7S/c1-4-6-11(3,5-2)9(15)20-7-8-21-10(16)12(13,14)22(17,18)19/h4-8H2,1-3H3,(H,17,18,19). The SMILES string of the molecule is CCCC(C)(CC)C(=O)OCCOC(=O)C(F)(F)S(=O)(=O)O. The van der Waals surface area contributed by atoms with Gasteiger partial charge in [0.15, 0.2) is 0 Å². The Morgan fingerprint density at radius 2 is 1.55 bits per heavy atom. The fraction of sp³-hybridized carbons (Fsp3) is 0.833. The molecule has 0 aromatic rings. The Morgan fingerprint density at radius 1 is 1.09 bits per heavy atom. The monoisotopic (exact) mass is 346 g/mol. The van der Waals surface area contributed by atoms with Crippen molar-refractivity contribution >= 4 is 22.1 Å². The number of hydrogen-bond acceptors (Lipinski definition) is 6. The molecule has 0 aliphatic rings. The highest BCUT2D eigenvalue weighted by atomic mass is 32.2. The molecule has 0 spiro atoms. The zero-order valence-corrected chi connectivity index (χ0v) is 13.4. The van der Waals surface area contributed by atoms with Gasteiger partial charge in [0, 0.05) is 0 Å². The van der Waals surface area contributed by atoms with Gasteiger partial charge in [-0.25, -0.2) is 4.79 Å². The van der Waals surface area contributed by atoms with Gasteiger partial charge < -0.3 is 9.47 Å². The van der Waals surface area contributed by atoms with Crippen molar-refractivity contribution in [1.82, 2.24) is 0 Å². The highest BCUT2D eigenvalue weighted by molar-refractivity contribution is 7.87. The Kier molecular flexibility index (Phi) is 7.36. The van der Waals surface area contributed by atoms with Crippen LogP contribution in [0.1, 0.15) is 40.0 Å². The van der Waals surface area contributed by atoms with Crippen LogP contribution in [0.15, 0.2) is 0 Å². The van der Waals surface area contributed by atoms with Crippen LogP contribution in [-0.4, -0.2) is 43.4 Å². The zero-order chi connectivity index (χ0) is 17.6. The maximum atomic E-state index is 12.8. The van der Waals surface area contributed by atoms with Gasteiger partial charge in [0.2, 0.25) is 0 Å². The van der Waals surface area contributed by atoms with Gasteiger partial charge in [0.05, 0.1) is 5.41 Å². The van der Waals surface area contributed by atoms with Gasteiger partial charge in [-0.3, -0.25) is 9.35 Å². The minimum absolute atomic E-state index is 0.495. The van der Waals surface area contributed by atoms with E-state index in [1.165, 1.54) is 0 Å². The van der Waals surface area contributed by atoms with Crippen molar-refractivity contribution in [2.45, 2.75) is 45.3 Å². The lowest BCUT2D eigenvalue weighted by atomic mass is 9.83. The third kappa shape index (κ3) is 5.16. The molecule has 0 fully saturated rings. The summed E-state index contributed by atoms with van der Waals surface area (Å²) in [5, 5.41) is -5.06. The Morgan fingerprint density at radius 3 is 1.91 bits per heavy atom. The third-order valence-electron chi connectivity index (χ3n) is 3.19. The van der Waals surface area contributed by atoms with Gasteiger partial charge in [0.1, 0.15) is 13.2 Å². The molecule has 0 amide bonds. The van der Waals surface area contributed by atoms with Crippen molar-refractivity contribution < 1.29 is 40.8 Å². The van der Waals surface area contributed by atoms with E-state index in [9.17, 15) is 26.8 Å². The molecule has 10 heteroatoms. The molecule has 0 aromatic carbocycles. The molecule has 0 rings (SSSR count). The van der Waals surface area contributed by atoms with Crippen LogP contribution in [0, 0.1) is 5.41 Å². The van der Waals surface area contributed by atoms with Crippen LogP contribution in [0.25, 0.3) is 0 Å². The maximum absolute atomic E-state index is 12.8. The smallest absolute Gasteiger partial charge is 0.462 e. The Hall–Kier alpha value is -1.29. The van der Waals surface area contributed by atoms with Gasteiger partial charge in [-0.05, 0) is 19.8 Å². The summed E-state index contributed by atoms with van der Waals surface area (Å²) in [4.78, 5) is 22.7. The molecule has 0 radical (unpaired) electrons. The molecule has 0 saturated heterocycles. The number of alkyl halides is 2. The molecule has 0 aliphatic carbocycles. The van der Waals surface area contributed by atoms with Crippen LogP contribution >= 0.6 is 0 Å². The number of ether oxygens (including phenoxy) is 2. The summed E-state index contributed by atoms with van der Waals surface area (Å²) in [7, 11) is -5.91. The van der Waals surface area contributed by atoms with Gasteiger partial charge in [-0.15, -0.1) is 0 Å². The Balaban J connectivity index is 4.40. The van der Waals surface area contributed by atoms with Gasteiger partial charge in [0.25, 0.3) is 0 Å². The van der Waals surface area contributed by atoms with Crippen LogP contribution in [-0.2, 0) is 29.2 Å². The average molecular weight is 346 g/mol. The fourth-order valence-corrected chi connectivity index (χ4v) is 1.88. The maximum Gasteiger partial charge on any atom is 0.465 e. The van der Waals surface area contributed by atoms with Crippen molar-refractivity contribution in [3.8, 4) is 0 Å². The molecule has 1 unspecified atom stereocenters. The van der Waals surface area contributed by atoms with Crippen LogP contribution in [0.5, 0.6) is 0 Å². The van der Waals surface area contributed by atoms with E-state index in [4.69, 9.17) is 9.29 Å². The van der Waals surface area contributed by atoms with Crippen molar-refractivity contribution in [3.05, 3.63) is 0 Å². The predicted octanol–water partition coefficient (Wildman–Crippen LogP) is 1.77. The van der Waals surface area contributed by atoms with E-state index < -0.39 is 45.9 Å². The highest BCUT2D eigenvalue weighted by Crippen LogP contribution is 2.29. The molecule has 0 aromatic heterocycles. The number of rotatable bonds is 9. The zero-order valence-electron chi connectivity index (χ0n) is 12.6. The first-order valence-corrected chi connectivity index (χ1v) is 8.05. The molecule has 22 heavy (non-hydrogen) atoms. The topological polar surface area (TPSA) is 107 Å². The average Bonchev–Trinajstić information content (AvgIpc) is 2.41. The first-order chi connectivity index (χ1) is 9.92. The largest absolute Gasteiger partial charge is 0.465 e. The predicted molar refractivity (Wildman–Crippen MR) is 71.7 cm³/mol. The van der Waals surface area contributed by atoms with E-state index in [1.807, 2.05) is 6.92 Å². The molecule has 1 N–H and O–H groups in total. The summed E-state index contributed by atoms with van der Waals surface area (Å²) in [5.41, 5.74) is -0.725. The fourth-order valence-electron chi connectivity index (χ4n) is 1.61. The summed E-state index contributed by atoms with van der Waals surface area (Å²) in [6, 6.07) is 0. The number of carbonyl (C=O) groups excluding carboxylic acids is 2. The minimum Gasteiger partial charge on any atom is -0.462 e. The lowest BCUT2D eigenvalue weighted by molar-refractivity contribution is -0.168. The highest BCUT2D eigenvalue weighted by Gasteiger charge is 2.54. The van der Waals surface area contributed by atoms with Crippen LogP contribution in [0.4, 0.5) is 8.78 Å². The van der Waals surface area contributed by atoms with Crippen LogP contribution in [0.2, 0.25) is 0 Å². The summed E-state index contributed by atoms with van der Waals surface area (Å²) >= 11 is 0. The summed E-state index contributed by atoms with van der Waals surface area (Å²) in [6.07, 6.45) is 1.83. The minimum atomic E-state index is -5.91. The first kappa shape index (κ1) is 20.7. The molecular weight excluding hydrogens is 326 g/mol. The third-order valence-corrected chi connectivity index (χ3v) is 4.00. The number of esters is 2. The van der Waals surface area contributed by atoms with Crippen molar-refractivity contribution in [2.24, 2.45) is 5.41 Å². The Bertz CT molecular complexity index is 504. The van der Waals surface area contributed by atoms with E-state index in [1.54, 1.807) is 13.8 Å². The quantitative estimate of drug-likeness (QED) is 0.385. The molecule has 0 aliphatic heterocycles. The van der Waals surface area contributed by atoms with Gasteiger partial charge in [-0.1, -0.05) is 20.3 Å². The molecular formula is C12H20F2O7S. The molecule has 1 atom stereocenters. The number of halogens is 2. The van der Waals surface area contributed by atoms with Gasteiger partial charge in [-0.2, -0.15) is 17.2 Å². The van der Waals surface area contributed by atoms with Crippen LogP contribution < -0.4 is 0 Å². The van der Waals surface area contributed by atoms with E-state index >= 15 is 0 Å². The van der Waals surface area contributed by atoms with Crippen molar-refractivity contribution in [1.29, 1.82) is 0 Å². The molecule has 0 saturated carbocycles. The van der Waals surface area contributed by atoms with E-state index in [0.717, 1.165) is 6.42 Å². The molecule has 0 heterocycles. The first-order valence-electron chi connectivity index (χ1n) is 6.61. The molecule has 130 valence electrons. The van der Waals surface area contributed by atoms with Crippen molar-refractivity contribution in [2.75, 3.05) is 13.2 Å². The van der Waals surface area contributed by atoms with E-state index in [2.05, 4.69) is 4.74 Å². The second-order valence-electron chi connectivity index (χ2n) is 4.93.